The van der Waals surface area contributed by atoms with Crippen LogP contribution in [-0.4, -0.2) is 26.2 Å². The maximum absolute atomic E-state index is 11.6. The number of methoxy groups -OCH3 is 1. The van der Waals surface area contributed by atoms with Crippen LogP contribution in [0.15, 0.2) is 18.2 Å². The molecule has 0 spiro atoms. The Bertz CT molecular complexity index is 357. The lowest BCUT2D eigenvalue weighted by Crippen LogP contribution is -2.27. The van der Waals surface area contributed by atoms with Crippen molar-refractivity contribution in [2.45, 2.75) is 0 Å². The predicted molar refractivity (Wildman–Crippen MR) is 68.4 cm³/mol. The first-order valence-corrected chi connectivity index (χ1v) is 5.83. The number of carbonyl (C=O) groups is 1. The highest BCUT2D eigenvalue weighted by Gasteiger charge is 2.09. The Morgan fingerprint density at radius 2 is 2.33 bits per heavy atom. The molecule has 15 heavy (non-hydrogen) atoms. The van der Waals surface area contributed by atoms with Gasteiger partial charge in [-0.2, -0.15) is 0 Å². The molecule has 1 N–H and O–H groups in total. The molecule has 5 heteroatoms. The van der Waals surface area contributed by atoms with Crippen LogP contribution in [0.3, 0.4) is 0 Å². The summed E-state index contributed by atoms with van der Waals surface area (Å²) >= 11 is 8.05. The van der Waals surface area contributed by atoms with Gasteiger partial charge in [-0.15, -0.1) is 0 Å². The van der Waals surface area contributed by atoms with E-state index in [9.17, 15) is 4.79 Å². The third-order valence-electron chi connectivity index (χ3n) is 1.76. The second kappa shape index (κ2) is 6.30. The van der Waals surface area contributed by atoms with E-state index >= 15 is 0 Å². The number of hydrogen-bond acceptors (Lipinski definition) is 2. The van der Waals surface area contributed by atoms with E-state index in [-0.39, 0.29) is 5.91 Å². The van der Waals surface area contributed by atoms with Crippen molar-refractivity contribution in [3.8, 4) is 0 Å². The summed E-state index contributed by atoms with van der Waals surface area (Å²) in [6.45, 7) is 0.977. The van der Waals surface area contributed by atoms with Crippen molar-refractivity contribution in [3.63, 3.8) is 0 Å². The van der Waals surface area contributed by atoms with Crippen LogP contribution in [-0.2, 0) is 4.74 Å². The predicted octanol–water partition coefficient (Wildman–Crippen LogP) is 2.32. The van der Waals surface area contributed by atoms with Gasteiger partial charge in [0, 0.05) is 17.2 Å². The second-order valence-electron chi connectivity index (χ2n) is 2.87. The monoisotopic (exact) mass is 339 g/mol. The van der Waals surface area contributed by atoms with Crippen molar-refractivity contribution in [3.05, 3.63) is 32.4 Å². The van der Waals surface area contributed by atoms with E-state index in [2.05, 4.69) is 27.9 Å². The first kappa shape index (κ1) is 12.7. The van der Waals surface area contributed by atoms with Crippen LogP contribution in [0.1, 0.15) is 10.4 Å². The SMILES string of the molecule is COCCNC(=O)c1cc(I)ccc1Cl. The number of rotatable bonds is 4. The Balaban J connectivity index is 2.68. The quantitative estimate of drug-likeness (QED) is 0.675. The van der Waals surface area contributed by atoms with Gasteiger partial charge in [0.15, 0.2) is 0 Å². The fourth-order valence-electron chi connectivity index (χ4n) is 1.03. The molecule has 0 aliphatic carbocycles. The van der Waals surface area contributed by atoms with E-state index in [0.29, 0.717) is 23.7 Å². The molecule has 0 unspecified atom stereocenters. The minimum atomic E-state index is -0.171. The molecule has 1 rings (SSSR count). The average Bonchev–Trinajstić information content (AvgIpc) is 2.22. The van der Waals surface area contributed by atoms with Crippen LogP contribution in [0.4, 0.5) is 0 Å². The summed E-state index contributed by atoms with van der Waals surface area (Å²) in [5.41, 5.74) is 0.500. The lowest BCUT2D eigenvalue weighted by atomic mass is 10.2. The maximum Gasteiger partial charge on any atom is 0.252 e. The van der Waals surface area contributed by atoms with Crippen LogP contribution < -0.4 is 5.32 Å². The molecule has 82 valence electrons. The maximum atomic E-state index is 11.6. The smallest absolute Gasteiger partial charge is 0.252 e. The van der Waals surface area contributed by atoms with Crippen molar-refractivity contribution in [2.24, 2.45) is 0 Å². The number of nitrogens with one attached hydrogen (secondary N) is 1. The van der Waals surface area contributed by atoms with Crippen molar-refractivity contribution in [1.82, 2.24) is 5.32 Å². The van der Waals surface area contributed by atoms with Gasteiger partial charge in [-0.05, 0) is 40.8 Å². The summed E-state index contributed by atoms with van der Waals surface area (Å²) in [5, 5.41) is 3.18. The summed E-state index contributed by atoms with van der Waals surface area (Å²) in [7, 11) is 1.59. The number of ether oxygens (including phenoxy) is 1. The highest BCUT2D eigenvalue weighted by molar-refractivity contribution is 14.1. The standard InChI is InChI=1S/C10H11ClINO2/c1-15-5-4-13-10(14)8-6-7(12)2-3-9(8)11/h2-3,6H,4-5H2,1H3,(H,13,14). The first-order valence-electron chi connectivity index (χ1n) is 4.37. The fraction of sp³-hybridized carbons (Fsp3) is 0.300. The molecule has 3 nitrogen and oxygen atoms in total. The zero-order chi connectivity index (χ0) is 11.3. The van der Waals surface area contributed by atoms with Crippen LogP contribution >= 0.6 is 34.2 Å². The van der Waals surface area contributed by atoms with Gasteiger partial charge in [0.2, 0.25) is 0 Å². The summed E-state index contributed by atoms with van der Waals surface area (Å²) in [4.78, 5) is 11.6. The van der Waals surface area contributed by atoms with Gasteiger partial charge in [-0.3, -0.25) is 4.79 Å². The molecular formula is C10H11ClINO2. The van der Waals surface area contributed by atoms with Crippen molar-refractivity contribution < 1.29 is 9.53 Å². The van der Waals surface area contributed by atoms with E-state index in [1.54, 1.807) is 19.2 Å². The van der Waals surface area contributed by atoms with E-state index in [1.807, 2.05) is 6.07 Å². The Morgan fingerprint density at radius 1 is 1.60 bits per heavy atom. The molecule has 0 aliphatic heterocycles. The average molecular weight is 340 g/mol. The molecule has 1 aromatic rings. The molecule has 0 radical (unpaired) electrons. The molecule has 1 aromatic carbocycles. The second-order valence-corrected chi connectivity index (χ2v) is 4.53. The lowest BCUT2D eigenvalue weighted by molar-refractivity contribution is 0.0937. The van der Waals surface area contributed by atoms with Gasteiger partial charge >= 0.3 is 0 Å². The lowest BCUT2D eigenvalue weighted by Gasteiger charge is -2.06. The Morgan fingerprint density at radius 3 is 3.00 bits per heavy atom. The number of halogens is 2. The zero-order valence-electron chi connectivity index (χ0n) is 8.22. The number of benzene rings is 1. The largest absolute Gasteiger partial charge is 0.383 e. The zero-order valence-corrected chi connectivity index (χ0v) is 11.1. The van der Waals surface area contributed by atoms with Gasteiger partial charge in [0.05, 0.1) is 17.2 Å². The highest BCUT2D eigenvalue weighted by Crippen LogP contribution is 2.18. The number of carbonyl (C=O) groups excluding carboxylic acids is 1. The van der Waals surface area contributed by atoms with E-state index in [0.717, 1.165) is 3.57 Å². The minimum Gasteiger partial charge on any atom is -0.383 e. The Kier molecular flexibility index (Phi) is 5.35. The van der Waals surface area contributed by atoms with Gasteiger partial charge < -0.3 is 10.1 Å². The molecule has 0 fully saturated rings. The summed E-state index contributed by atoms with van der Waals surface area (Å²) < 4.78 is 5.81. The van der Waals surface area contributed by atoms with Gasteiger partial charge in [-0.25, -0.2) is 0 Å². The molecule has 0 heterocycles. The minimum absolute atomic E-state index is 0.171. The molecule has 0 aromatic heterocycles. The van der Waals surface area contributed by atoms with Crippen molar-refractivity contribution >= 4 is 40.1 Å². The van der Waals surface area contributed by atoms with Gasteiger partial charge in [0.25, 0.3) is 5.91 Å². The first-order chi connectivity index (χ1) is 7.15. The normalized spacial score (nSPS) is 10.1. The summed E-state index contributed by atoms with van der Waals surface area (Å²) in [5.74, 6) is -0.171. The van der Waals surface area contributed by atoms with E-state index < -0.39 is 0 Å². The van der Waals surface area contributed by atoms with Crippen molar-refractivity contribution in [2.75, 3.05) is 20.3 Å². The summed E-state index contributed by atoms with van der Waals surface area (Å²) in [6.07, 6.45) is 0. The van der Waals surface area contributed by atoms with Crippen LogP contribution in [0, 0.1) is 3.57 Å². The summed E-state index contributed by atoms with van der Waals surface area (Å²) in [6, 6.07) is 5.33. The Labute approximate surface area is 107 Å². The van der Waals surface area contributed by atoms with Gasteiger partial charge in [0.1, 0.15) is 0 Å². The fourth-order valence-corrected chi connectivity index (χ4v) is 1.73. The van der Waals surface area contributed by atoms with E-state index in [4.69, 9.17) is 16.3 Å². The Hall–Kier alpha value is -0.330. The highest BCUT2D eigenvalue weighted by atomic mass is 127. The van der Waals surface area contributed by atoms with Crippen LogP contribution in [0.2, 0.25) is 5.02 Å². The van der Waals surface area contributed by atoms with Crippen LogP contribution in [0.5, 0.6) is 0 Å². The van der Waals surface area contributed by atoms with Crippen LogP contribution in [0.25, 0.3) is 0 Å². The molecule has 0 saturated carbocycles. The molecule has 0 bridgehead atoms. The third-order valence-corrected chi connectivity index (χ3v) is 2.77. The number of hydrogen-bond donors (Lipinski definition) is 1. The third kappa shape index (κ3) is 3.96. The molecular weight excluding hydrogens is 328 g/mol. The molecule has 1 amide bonds. The topological polar surface area (TPSA) is 38.3 Å². The molecule has 0 saturated heterocycles. The van der Waals surface area contributed by atoms with E-state index in [1.165, 1.54) is 0 Å². The molecule has 0 atom stereocenters. The number of amides is 1. The van der Waals surface area contributed by atoms with Crippen molar-refractivity contribution in [1.29, 1.82) is 0 Å². The molecule has 0 aliphatic rings. The van der Waals surface area contributed by atoms with Gasteiger partial charge in [-0.1, -0.05) is 11.6 Å².